The second kappa shape index (κ2) is 6.23. The number of nitrogens with zero attached hydrogens (tertiary/aromatic N) is 1. The summed E-state index contributed by atoms with van der Waals surface area (Å²) >= 11 is 6.24. The molecule has 0 amide bonds. The number of nitrogens with two attached hydrogens (primary N) is 1. The van der Waals surface area contributed by atoms with Crippen LogP contribution in [0.1, 0.15) is 45.1 Å². The molecule has 1 aliphatic rings. The van der Waals surface area contributed by atoms with Crippen LogP contribution in [0.5, 0.6) is 0 Å². The quantitative estimate of drug-likeness (QED) is 0.903. The minimum atomic E-state index is 0.246. The topological polar surface area (TPSA) is 38.9 Å². The predicted molar refractivity (Wildman–Crippen MR) is 81.2 cm³/mol. The van der Waals surface area contributed by atoms with E-state index in [-0.39, 0.29) is 5.41 Å². The highest BCUT2D eigenvalue weighted by Crippen LogP contribution is 2.43. The Balaban J connectivity index is 2.07. The normalized spacial score (nSPS) is 27.7. The molecule has 1 aliphatic carbocycles. The highest BCUT2D eigenvalue weighted by atomic mass is 35.5. The van der Waals surface area contributed by atoms with Crippen LogP contribution in [-0.4, -0.2) is 11.5 Å². The molecule has 1 heterocycles. The summed E-state index contributed by atoms with van der Waals surface area (Å²) in [6.45, 7) is 5.43. The summed E-state index contributed by atoms with van der Waals surface area (Å²) in [5.41, 5.74) is 7.54. The Bertz CT molecular complexity index is 409. The second-order valence-electron chi connectivity index (χ2n) is 6.43. The number of hydrogen-bond acceptors (Lipinski definition) is 2. The smallest absolute Gasteiger partial charge is 0.0621 e. The maximum Gasteiger partial charge on any atom is 0.0621 e. The molecule has 2 rings (SSSR count). The van der Waals surface area contributed by atoms with Gasteiger partial charge in [0, 0.05) is 12.4 Å². The van der Waals surface area contributed by atoms with Crippen LogP contribution in [0.15, 0.2) is 18.5 Å². The van der Waals surface area contributed by atoms with E-state index in [1.807, 2.05) is 12.3 Å². The maximum atomic E-state index is 6.24. The van der Waals surface area contributed by atoms with Crippen molar-refractivity contribution in [2.45, 2.75) is 46.0 Å². The van der Waals surface area contributed by atoms with Gasteiger partial charge in [-0.05, 0) is 67.5 Å². The molecular weight excluding hydrogens is 256 g/mol. The lowest BCUT2D eigenvalue weighted by Gasteiger charge is -2.41. The van der Waals surface area contributed by atoms with E-state index in [1.165, 1.54) is 31.2 Å². The summed E-state index contributed by atoms with van der Waals surface area (Å²) in [7, 11) is 0. The molecule has 0 unspecified atom stereocenters. The van der Waals surface area contributed by atoms with E-state index in [0.717, 1.165) is 29.8 Å². The van der Waals surface area contributed by atoms with E-state index < -0.39 is 0 Å². The Morgan fingerprint density at radius 2 is 2.11 bits per heavy atom. The molecule has 0 atom stereocenters. The van der Waals surface area contributed by atoms with Gasteiger partial charge in [-0.1, -0.05) is 25.4 Å². The van der Waals surface area contributed by atoms with Gasteiger partial charge in [0.25, 0.3) is 0 Å². The lowest BCUT2D eigenvalue weighted by Crippen LogP contribution is -2.37. The van der Waals surface area contributed by atoms with Crippen LogP contribution in [0.25, 0.3) is 0 Å². The van der Waals surface area contributed by atoms with Crippen molar-refractivity contribution >= 4 is 11.6 Å². The van der Waals surface area contributed by atoms with Crippen molar-refractivity contribution in [1.82, 2.24) is 4.98 Å². The number of rotatable bonds is 4. The standard InChI is InChI=1S/C16H25ClN2/c1-12(2)13-3-6-16(11-18,7-4-13)9-14-5-8-19-10-15(14)17/h5,8,10,12-13H,3-4,6-7,9,11,18H2,1-2H3. The average molecular weight is 281 g/mol. The number of pyridine rings is 1. The second-order valence-corrected chi connectivity index (χ2v) is 6.84. The van der Waals surface area contributed by atoms with Gasteiger partial charge in [-0.3, -0.25) is 4.98 Å². The van der Waals surface area contributed by atoms with E-state index in [4.69, 9.17) is 17.3 Å². The average Bonchev–Trinajstić information content (AvgIpc) is 2.42. The van der Waals surface area contributed by atoms with Gasteiger partial charge < -0.3 is 5.73 Å². The third kappa shape index (κ3) is 3.49. The molecule has 0 saturated heterocycles. The molecule has 0 aromatic carbocycles. The number of hydrogen-bond donors (Lipinski definition) is 1. The van der Waals surface area contributed by atoms with Crippen LogP contribution >= 0.6 is 11.6 Å². The monoisotopic (exact) mass is 280 g/mol. The zero-order valence-corrected chi connectivity index (χ0v) is 12.8. The molecule has 2 nitrogen and oxygen atoms in total. The summed E-state index contributed by atoms with van der Waals surface area (Å²) in [5.74, 6) is 1.66. The summed E-state index contributed by atoms with van der Waals surface area (Å²) in [4.78, 5) is 4.06. The minimum Gasteiger partial charge on any atom is -0.330 e. The van der Waals surface area contributed by atoms with Gasteiger partial charge in [0.15, 0.2) is 0 Å². The summed E-state index contributed by atoms with van der Waals surface area (Å²) in [6.07, 6.45) is 9.62. The van der Waals surface area contributed by atoms with Gasteiger partial charge in [0.05, 0.1) is 5.02 Å². The van der Waals surface area contributed by atoms with Crippen molar-refractivity contribution in [3.05, 3.63) is 29.0 Å². The van der Waals surface area contributed by atoms with E-state index in [9.17, 15) is 0 Å². The molecule has 1 aromatic rings. The van der Waals surface area contributed by atoms with Crippen LogP contribution in [-0.2, 0) is 6.42 Å². The van der Waals surface area contributed by atoms with Crippen LogP contribution in [0.3, 0.4) is 0 Å². The molecule has 1 aromatic heterocycles. The van der Waals surface area contributed by atoms with E-state index >= 15 is 0 Å². The van der Waals surface area contributed by atoms with E-state index in [2.05, 4.69) is 18.8 Å². The lowest BCUT2D eigenvalue weighted by atomic mass is 9.65. The highest BCUT2D eigenvalue weighted by Gasteiger charge is 2.35. The first-order chi connectivity index (χ1) is 9.06. The zero-order chi connectivity index (χ0) is 13.9. The van der Waals surface area contributed by atoms with Gasteiger partial charge in [0.2, 0.25) is 0 Å². The largest absolute Gasteiger partial charge is 0.330 e. The van der Waals surface area contributed by atoms with Gasteiger partial charge >= 0.3 is 0 Å². The fraction of sp³-hybridized carbons (Fsp3) is 0.688. The SMILES string of the molecule is CC(C)C1CCC(CN)(Cc2ccncc2Cl)CC1. The Labute approximate surface area is 121 Å². The third-order valence-electron chi connectivity index (χ3n) is 4.89. The molecule has 2 N–H and O–H groups in total. The Morgan fingerprint density at radius 1 is 1.42 bits per heavy atom. The zero-order valence-electron chi connectivity index (χ0n) is 12.0. The first kappa shape index (κ1) is 14.8. The first-order valence-corrected chi connectivity index (χ1v) is 7.72. The molecular formula is C16H25ClN2. The van der Waals surface area contributed by atoms with Crippen LogP contribution in [0.2, 0.25) is 5.02 Å². The Hall–Kier alpha value is -0.600. The molecule has 1 fully saturated rings. The van der Waals surface area contributed by atoms with Crippen molar-refractivity contribution < 1.29 is 0 Å². The summed E-state index contributed by atoms with van der Waals surface area (Å²) in [6, 6.07) is 2.04. The first-order valence-electron chi connectivity index (χ1n) is 7.35. The van der Waals surface area contributed by atoms with Crippen molar-refractivity contribution in [3.8, 4) is 0 Å². The van der Waals surface area contributed by atoms with Gasteiger partial charge in [-0.15, -0.1) is 0 Å². The van der Waals surface area contributed by atoms with Crippen molar-refractivity contribution in [1.29, 1.82) is 0 Å². The van der Waals surface area contributed by atoms with Gasteiger partial charge in [-0.2, -0.15) is 0 Å². The van der Waals surface area contributed by atoms with Crippen LogP contribution in [0.4, 0.5) is 0 Å². The lowest BCUT2D eigenvalue weighted by molar-refractivity contribution is 0.132. The van der Waals surface area contributed by atoms with Crippen molar-refractivity contribution in [2.24, 2.45) is 23.0 Å². The molecule has 3 heteroatoms. The van der Waals surface area contributed by atoms with Gasteiger partial charge in [-0.25, -0.2) is 0 Å². The third-order valence-corrected chi connectivity index (χ3v) is 5.23. The van der Waals surface area contributed by atoms with E-state index in [1.54, 1.807) is 6.20 Å². The summed E-state index contributed by atoms with van der Waals surface area (Å²) in [5, 5.41) is 0.779. The number of aromatic nitrogens is 1. The van der Waals surface area contributed by atoms with Crippen molar-refractivity contribution in [3.63, 3.8) is 0 Å². The highest BCUT2D eigenvalue weighted by molar-refractivity contribution is 6.31. The minimum absolute atomic E-state index is 0.246. The van der Waals surface area contributed by atoms with Crippen LogP contribution in [0, 0.1) is 17.3 Å². The fourth-order valence-electron chi connectivity index (χ4n) is 3.32. The molecule has 1 saturated carbocycles. The van der Waals surface area contributed by atoms with Crippen LogP contribution < -0.4 is 5.73 Å². The summed E-state index contributed by atoms with van der Waals surface area (Å²) < 4.78 is 0. The predicted octanol–water partition coefficient (Wildman–Crippen LogP) is 4.07. The maximum absolute atomic E-state index is 6.24. The Kier molecular flexibility index (Phi) is 4.86. The molecule has 0 spiro atoms. The Morgan fingerprint density at radius 3 is 2.63 bits per heavy atom. The molecule has 0 aliphatic heterocycles. The number of halogens is 1. The van der Waals surface area contributed by atoms with Gasteiger partial charge in [0.1, 0.15) is 0 Å². The fourth-order valence-corrected chi connectivity index (χ4v) is 3.51. The molecule has 106 valence electrons. The van der Waals surface area contributed by atoms with Crippen molar-refractivity contribution in [2.75, 3.05) is 6.54 Å². The molecule has 0 bridgehead atoms. The van der Waals surface area contributed by atoms with E-state index in [0.29, 0.717) is 0 Å². The molecule has 0 radical (unpaired) electrons. The molecule has 19 heavy (non-hydrogen) atoms.